The molecule has 1 aliphatic heterocycles. The molecule has 1 aromatic rings. The molecular formula is C14H17ClN2O4. The molecule has 0 spiro atoms. The van der Waals surface area contributed by atoms with Crippen LogP contribution in [0.2, 0.25) is 5.02 Å². The van der Waals surface area contributed by atoms with Gasteiger partial charge in [-0.05, 0) is 17.7 Å². The number of hydrogen-bond acceptors (Lipinski definition) is 3. The summed E-state index contributed by atoms with van der Waals surface area (Å²) in [6, 6.07) is 3.31. The number of benzene rings is 1. The van der Waals surface area contributed by atoms with E-state index < -0.39 is 5.97 Å². The minimum absolute atomic E-state index is 0.0837. The van der Waals surface area contributed by atoms with Crippen LogP contribution < -0.4 is 10.1 Å². The zero-order chi connectivity index (χ0) is 15.4. The lowest BCUT2D eigenvalue weighted by Gasteiger charge is -2.17. The van der Waals surface area contributed by atoms with Crippen molar-refractivity contribution in [1.82, 2.24) is 10.2 Å². The van der Waals surface area contributed by atoms with Gasteiger partial charge in [0.15, 0.2) is 0 Å². The van der Waals surface area contributed by atoms with Gasteiger partial charge in [-0.2, -0.15) is 0 Å². The van der Waals surface area contributed by atoms with Gasteiger partial charge in [0.05, 0.1) is 13.0 Å². The van der Waals surface area contributed by atoms with E-state index in [1.165, 1.54) is 4.90 Å². The third-order valence-corrected chi connectivity index (χ3v) is 3.48. The first-order chi connectivity index (χ1) is 9.97. The third kappa shape index (κ3) is 4.01. The highest BCUT2D eigenvalue weighted by Gasteiger charge is 2.18. The van der Waals surface area contributed by atoms with Crippen LogP contribution in [0, 0.1) is 0 Å². The number of rotatable bonds is 5. The van der Waals surface area contributed by atoms with Crippen LogP contribution in [0.1, 0.15) is 17.5 Å². The first-order valence-electron chi connectivity index (χ1n) is 6.62. The fourth-order valence-corrected chi connectivity index (χ4v) is 2.41. The molecule has 0 saturated carbocycles. The van der Waals surface area contributed by atoms with Crippen LogP contribution in [0.25, 0.3) is 0 Å². The summed E-state index contributed by atoms with van der Waals surface area (Å²) >= 11 is 6.05. The average molecular weight is 313 g/mol. The number of amides is 2. The van der Waals surface area contributed by atoms with Gasteiger partial charge in [-0.15, -0.1) is 0 Å². The molecule has 114 valence electrons. The number of urea groups is 1. The van der Waals surface area contributed by atoms with Crippen LogP contribution in [-0.4, -0.2) is 42.2 Å². The number of hydrogen-bond donors (Lipinski definition) is 2. The Kier molecular flexibility index (Phi) is 4.90. The van der Waals surface area contributed by atoms with Gasteiger partial charge in [-0.25, -0.2) is 4.79 Å². The largest absolute Gasteiger partial charge is 0.493 e. The first-order valence-corrected chi connectivity index (χ1v) is 7.00. The van der Waals surface area contributed by atoms with E-state index in [4.69, 9.17) is 21.4 Å². The molecule has 6 nitrogen and oxygen atoms in total. The number of carbonyl (C=O) groups is 2. The number of carboxylic acids is 1. The van der Waals surface area contributed by atoms with E-state index in [0.717, 1.165) is 23.3 Å². The molecular weight excluding hydrogens is 296 g/mol. The number of nitrogens with zero attached hydrogens (tertiary/aromatic N) is 1. The monoisotopic (exact) mass is 312 g/mol. The number of carbonyl (C=O) groups excluding carboxylic acids is 1. The van der Waals surface area contributed by atoms with E-state index >= 15 is 0 Å². The Bertz CT molecular complexity index is 562. The highest BCUT2D eigenvalue weighted by molar-refractivity contribution is 6.30. The topological polar surface area (TPSA) is 78.9 Å². The molecule has 0 radical (unpaired) electrons. The normalized spacial score (nSPS) is 12.5. The van der Waals surface area contributed by atoms with Crippen molar-refractivity contribution in [3.8, 4) is 5.75 Å². The van der Waals surface area contributed by atoms with Crippen molar-refractivity contribution in [3.05, 3.63) is 28.3 Å². The third-order valence-electron chi connectivity index (χ3n) is 3.26. The number of fused-ring (bicyclic) bond motifs is 1. The van der Waals surface area contributed by atoms with Crippen LogP contribution in [0.5, 0.6) is 5.75 Å². The molecule has 0 bridgehead atoms. The fraction of sp³-hybridized carbons (Fsp3) is 0.429. The fourth-order valence-electron chi connectivity index (χ4n) is 2.15. The van der Waals surface area contributed by atoms with Crippen LogP contribution in [0.4, 0.5) is 4.79 Å². The summed E-state index contributed by atoms with van der Waals surface area (Å²) < 4.78 is 5.56. The average Bonchev–Trinajstić information content (AvgIpc) is 2.89. The van der Waals surface area contributed by atoms with Gasteiger partial charge < -0.3 is 20.1 Å². The summed E-state index contributed by atoms with van der Waals surface area (Å²) in [6.07, 6.45) is 0.731. The van der Waals surface area contributed by atoms with Gasteiger partial charge in [0.2, 0.25) is 0 Å². The SMILES string of the molecule is CN(CCC(=O)O)C(=O)NCc1cc(Cl)cc2c1OCC2. The lowest BCUT2D eigenvalue weighted by atomic mass is 10.1. The summed E-state index contributed by atoms with van der Waals surface area (Å²) in [7, 11) is 1.55. The highest BCUT2D eigenvalue weighted by Crippen LogP contribution is 2.32. The Balaban J connectivity index is 1.94. The number of nitrogens with one attached hydrogen (secondary N) is 1. The van der Waals surface area contributed by atoms with E-state index in [1.807, 2.05) is 6.07 Å². The molecule has 21 heavy (non-hydrogen) atoms. The van der Waals surface area contributed by atoms with E-state index in [-0.39, 0.29) is 19.0 Å². The van der Waals surface area contributed by atoms with Crippen LogP contribution in [0.3, 0.4) is 0 Å². The molecule has 1 aliphatic rings. The van der Waals surface area contributed by atoms with E-state index in [9.17, 15) is 9.59 Å². The summed E-state index contributed by atoms with van der Waals surface area (Å²) in [6.45, 7) is 1.07. The quantitative estimate of drug-likeness (QED) is 0.870. The molecule has 0 atom stereocenters. The second-order valence-electron chi connectivity index (χ2n) is 4.88. The maximum Gasteiger partial charge on any atom is 0.317 e. The van der Waals surface area contributed by atoms with E-state index in [0.29, 0.717) is 18.2 Å². The molecule has 0 unspecified atom stereocenters. The Morgan fingerprint density at radius 2 is 2.24 bits per heavy atom. The Hall–Kier alpha value is -1.95. The standard InChI is InChI=1S/C14H17ClN2O4/c1-17(4-2-12(18)19)14(20)16-8-10-7-11(15)6-9-3-5-21-13(9)10/h6-7H,2-5,8H2,1H3,(H,16,20)(H,18,19). The van der Waals surface area contributed by atoms with Crippen molar-refractivity contribution in [2.24, 2.45) is 0 Å². The van der Waals surface area contributed by atoms with Crippen molar-refractivity contribution in [3.63, 3.8) is 0 Å². The van der Waals surface area contributed by atoms with Crippen molar-refractivity contribution in [2.45, 2.75) is 19.4 Å². The maximum absolute atomic E-state index is 11.9. The molecule has 1 heterocycles. The van der Waals surface area contributed by atoms with Crippen LogP contribution >= 0.6 is 11.6 Å². The molecule has 2 N–H and O–H groups in total. The molecule has 0 fully saturated rings. The highest BCUT2D eigenvalue weighted by atomic mass is 35.5. The lowest BCUT2D eigenvalue weighted by Crippen LogP contribution is -2.38. The molecule has 1 aromatic carbocycles. The van der Waals surface area contributed by atoms with E-state index in [1.54, 1.807) is 13.1 Å². The zero-order valence-electron chi connectivity index (χ0n) is 11.7. The van der Waals surface area contributed by atoms with Crippen molar-refractivity contribution < 1.29 is 19.4 Å². The van der Waals surface area contributed by atoms with Gasteiger partial charge in [0.1, 0.15) is 5.75 Å². The predicted molar refractivity (Wildman–Crippen MR) is 77.8 cm³/mol. The summed E-state index contributed by atoms with van der Waals surface area (Å²) in [5, 5.41) is 11.9. The predicted octanol–water partition coefficient (Wildman–Crippen LogP) is 1.89. The summed E-state index contributed by atoms with van der Waals surface area (Å²) in [5.74, 6) is -0.149. The molecule has 2 rings (SSSR count). The lowest BCUT2D eigenvalue weighted by molar-refractivity contribution is -0.137. The van der Waals surface area contributed by atoms with Gasteiger partial charge in [0, 0.05) is 37.1 Å². The Labute approximate surface area is 127 Å². The van der Waals surface area contributed by atoms with Crippen molar-refractivity contribution >= 4 is 23.6 Å². The van der Waals surface area contributed by atoms with Gasteiger partial charge in [-0.1, -0.05) is 11.6 Å². The molecule has 0 aromatic heterocycles. The minimum Gasteiger partial charge on any atom is -0.493 e. The van der Waals surface area contributed by atoms with Crippen LogP contribution in [0.15, 0.2) is 12.1 Å². The summed E-state index contributed by atoms with van der Waals surface area (Å²) in [5.41, 5.74) is 1.88. The second kappa shape index (κ2) is 6.67. The number of ether oxygens (including phenoxy) is 1. The van der Waals surface area contributed by atoms with E-state index in [2.05, 4.69) is 5.32 Å². The molecule has 0 saturated heterocycles. The molecule has 2 amide bonds. The van der Waals surface area contributed by atoms with Gasteiger partial charge in [-0.3, -0.25) is 4.79 Å². The van der Waals surface area contributed by atoms with Crippen LogP contribution in [-0.2, 0) is 17.8 Å². The molecule has 0 aliphatic carbocycles. The second-order valence-corrected chi connectivity index (χ2v) is 5.31. The molecule has 7 heteroatoms. The smallest absolute Gasteiger partial charge is 0.317 e. The Morgan fingerprint density at radius 3 is 2.95 bits per heavy atom. The summed E-state index contributed by atoms with van der Waals surface area (Å²) in [4.78, 5) is 23.7. The Morgan fingerprint density at radius 1 is 1.48 bits per heavy atom. The number of carboxylic acid groups (broad SMARTS) is 1. The van der Waals surface area contributed by atoms with Crippen molar-refractivity contribution in [1.29, 1.82) is 0 Å². The minimum atomic E-state index is -0.935. The van der Waals surface area contributed by atoms with Crippen molar-refractivity contribution in [2.75, 3.05) is 20.2 Å². The van der Waals surface area contributed by atoms with Gasteiger partial charge in [0.25, 0.3) is 0 Å². The number of aliphatic carboxylic acids is 1. The van der Waals surface area contributed by atoms with Gasteiger partial charge >= 0.3 is 12.0 Å². The zero-order valence-corrected chi connectivity index (χ0v) is 12.4. The first kappa shape index (κ1) is 15.4. The maximum atomic E-state index is 11.9. The number of halogens is 1.